The maximum atomic E-state index is 13.5. The molecule has 0 aliphatic carbocycles. The van der Waals surface area contributed by atoms with E-state index in [2.05, 4.69) is 31.1 Å². The Morgan fingerprint density at radius 2 is 1.79 bits per heavy atom. The minimum absolute atomic E-state index is 0.000731. The summed E-state index contributed by atoms with van der Waals surface area (Å²) in [4.78, 5) is 4.55. The van der Waals surface area contributed by atoms with Crippen LogP contribution in [0.3, 0.4) is 0 Å². The Morgan fingerprint density at radius 3 is 2.38 bits per heavy atom. The molecule has 5 nitrogen and oxygen atoms in total. The molecule has 1 fully saturated rings. The number of hydrogen-bond donors (Lipinski definition) is 1. The van der Waals surface area contributed by atoms with Gasteiger partial charge in [0.05, 0.1) is 4.90 Å². The van der Waals surface area contributed by atoms with E-state index in [1.165, 1.54) is 0 Å². The first-order valence-electron chi connectivity index (χ1n) is 10.5. The van der Waals surface area contributed by atoms with Gasteiger partial charge in [-0.1, -0.05) is 39.0 Å². The number of hydrogen-bond acceptors (Lipinski definition) is 4. The summed E-state index contributed by atoms with van der Waals surface area (Å²) in [5.74, 6) is 0. The van der Waals surface area contributed by atoms with Crippen LogP contribution in [0.1, 0.15) is 51.2 Å². The molecule has 1 aliphatic heterocycles. The molecule has 0 unspecified atom stereocenters. The summed E-state index contributed by atoms with van der Waals surface area (Å²) in [6.45, 7) is 8.66. The average Bonchev–Trinajstić information content (AvgIpc) is 2.72. The second kappa shape index (κ2) is 9.37. The van der Waals surface area contributed by atoms with Gasteiger partial charge in [0.15, 0.2) is 0 Å². The highest BCUT2D eigenvalue weighted by Gasteiger charge is 2.32. The van der Waals surface area contributed by atoms with Crippen LogP contribution in [-0.2, 0) is 21.9 Å². The summed E-state index contributed by atoms with van der Waals surface area (Å²) in [6, 6.07) is 11.5. The molecular weight excluding hydrogens is 382 g/mol. The molecule has 0 bridgehead atoms. The van der Waals surface area contributed by atoms with Crippen molar-refractivity contribution in [2.75, 3.05) is 19.6 Å². The number of benzene rings is 1. The van der Waals surface area contributed by atoms with E-state index in [0.29, 0.717) is 11.4 Å². The van der Waals surface area contributed by atoms with Gasteiger partial charge in [-0.3, -0.25) is 4.98 Å². The lowest BCUT2D eigenvalue weighted by Gasteiger charge is -2.34. The van der Waals surface area contributed by atoms with E-state index >= 15 is 0 Å². The van der Waals surface area contributed by atoms with Gasteiger partial charge >= 0.3 is 0 Å². The summed E-state index contributed by atoms with van der Waals surface area (Å²) in [5, 5.41) is 3.34. The Morgan fingerprint density at radius 1 is 1.10 bits per heavy atom. The topological polar surface area (TPSA) is 62.3 Å². The number of pyridine rings is 1. The maximum Gasteiger partial charge on any atom is 0.243 e. The van der Waals surface area contributed by atoms with Crippen LogP contribution >= 0.6 is 0 Å². The molecule has 1 N–H and O–H groups in total. The van der Waals surface area contributed by atoms with E-state index in [9.17, 15) is 8.42 Å². The first-order chi connectivity index (χ1) is 13.8. The molecule has 29 heavy (non-hydrogen) atoms. The summed E-state index contributed by atoms with van der Waals surface area (Å²) in [7, 11) is -3.53. The number of piperidine rings is 1. The Labute approximate surface area is 175 Å². The Bertz CT molecular complexity index is 869. The van der Waals surface area contributed by atoms with E-state index in [0.717, 1.165) is 49.9 Å². The third-order valence-corrected chi connectivity index (χ3v) is 7.58. The zero-order valence-electron chi connectivity index (χ0n) is 17.8. The molecule has 6 heteroatoms. The Hall–Kier alpha value is -1.76. The highest BCUT2D eigenvalue weighted by atomic mass is 32.2. The van der Waals surface area contributed by atoms with Crippen LogP contribution < -0.4 is 5.32 Å². The number of aryl methyl sites for hydroxylation is 1. The number of rotatable bonds is 7. The predicted molar refractivity (Wildman–Crippen MR) is 117 cm³/mol. The average molecular weight is 416 g/mol. The van der Waals surface area contributed by atoms with Crippen molar-refractivity contribution in [3.63, 3.8) is 0 Å². The van der Waals surface area contributed by atoms with E-state index in [1.54, 1.807) is 22.6 Å². The quantitative estimate of drug-likeness (QED) is 0.748. The zero-order valence-corrected chi connectivity index (χ0v) is 18.6. The van der Waals surface area contributed by atoms with Crippen molar-refractivity contribution in [2.45, 2.75) is 62.8 Å². The van der Waals surface area contributed by atoms with Crippen LogP contribution in [0, 0.1) is 0 Å². The number of aromatic nitrogens is 1. The third kappa shape index (κ3) is 5.65. The molecule has 1 aliphatic rings. The van der Waals surface area contributed by atoms with Gasteiger partial charge in [-0.2, -0.15) is 4.31 Å². The molecule has 0 atom stereocenters. The summed E-state index contributed by atoms with van der Waals surface area (Å²) < 4.78 is 28.8. The fraction of sp³-hybridized carbons (Fsp3) is 0.522. The first-order valence-corrected chi connectivity index (χ1v) is 11.9. The number of nitrogens with one attached hydrogen (secondary N) is 1. The van der Waals surface area contributed by atoms with Gasteiger partial charge in [-0.05, 0) is 73.5 Å². The Kier molecular flexibility index (Phi) is 7.09. The zero-order chi connectivity index (χ0) is 20.9. The first kappa shape index (κ1) is 21.9. The van der Waals surface area contributed by atoms with Crippen LogP contribution in [0.4, 0.5) is 0 Å². The summed E-state index contributed by atoms with van der Waals surface area (Å²) in [5.41, 5.74) is 2.28. The molecule has 2 heterocycles. The molecule has 0 radical (unpaired) electrons. The van der Waals surface area contributed by atoms with Gasteiger partial charge in [0.1, 0.15) is 0 Å². The van der Waals surface area contributed by atoms with Gasteiger partial charge in [0.25, 0.3) is 0 Å². The monoisotopic (exact) mass is 415 g/mol. The lowest BCUT2D eigenvalue weighted by atomic mass is 9.87. The largest absolute Gasteiger partial charge is 0.317 e. The predicted octanol–water partition coefficient (Wildman–Crippen LogP) is 3.75. The number of nitrogens with zero attached hydrogens (tertiary/aromatic N) is 2. The van der Waals surface area contributed by atoms with Crippen molar-refractivity contribution < 1.29 is 8.42 Å². The van der Waals surface area contributed by atoms with Crippen LogP contribution in [-0.4, -0.2) is 43.4 Å². The molecule has 1 saturated heterocycles. The van der Waals surface area contributed by atoms with Crippen molar-refractivity contribution in [3.8, 4) is 0 Å². The maximum absolute atomic E-state index is 13.5. The van der Waals surface area contributed by atoms with E-state index in [1.807, 2.05) is 30.5 Å². The standard InChI is InChI=1S/C23H33N3O2S/c1-23(2,3)20-8-10-22(11-9-20)29(27,28)26(21-12-15-24-16-13-21)17-5-7-19-6-4-14-25-18-19/h4,6,8-11,14,18,21,24H,5,7,12-13,15-17H2,1-3H3. The molecule has 1 aromatic heterocycles. The SMILES string of the molecule is CC(C)(C)c1ccc(S(=O)(=O)N(CCCc2cccnc2)C2CCNCC2)cc1. The second-order valence-corrected chi connectivity index (χ2v) is 10.7. The molecule has 2 aromatic rings. The van der Waals surface area contributed by atoms with Gasteiger partial charge in [0, 0.05) is 25.0 Å². The van der Waals surface area contributed by atoms with Gasteiger partial charge in [0.2, 0.25) is 10.0 Å². The molecule has 0 amide bonds. The van der Waals surface area contributed by atoms with Crippen LogP contribution in [0.2, 0.25) is 0 Å². The van der Waals surface area contributed by atoms with Crippen molar-refractivity contribution in [1.82, 2.24) is 14.6 Å². The van der Waals surface area contributed by atoms with Gasteiger partial charge in [-0.15, -0.1) is 0 Å². The Balaban J connectivity index is 1.79. The highest BCUT2D eigenvalue weighted by molar-refractivity contribution is 7.89. The van der Waals surface area contributed by atoms with Crippen molar-refractivity contribution >= 4 is 10.0 Å². The molecule has 158 valence electrons. The fourth-order valence-corrected chi connectivity index (χ4v) is 5.56. The van der Waals surface area contributed by atoms with Crippen molar-refractivity contribution in [1.29, 1.82) is 0 Å². The smallest absolute Gasteiger partial charge is 0.243 e. The molecule has 1 aromatic carbocycles. The van der Waals surface area contributed by atoms with E-state index < -0.39 is 10.0 Å². The molecule has 0 spiro atoms. The lowest BCUT2D eigenvalue weighted by molar-refractivity contribution is 0.260. The summed E-state index contributed by atoms with van der Waals surface area (Å²) >= 11 is 0. The van der Waals surface area contributed by atoms with Crippen LogP contribution in [0.25, 0.3) is 0 Å². The van der Waals surface area contributed by atoms with Gasteiger partial charge < -0.3 is 5.32 Å². The van der Waals surface area contributed by atoms with Crippen LogP contribution in [0.5, 0.6) is 0 Å². The normalized spacial score (nSPS) is 16.3. The van der Waals surface area contributed by atoms with Gasteiger partial charge in [-0.25, -0.2) is 8.42 Å². The fourth-order valence-electron chi connectivity index (χ4n) is 3.84. The van der Waals surface area contributed by atoms with Crippen molar-refractivity contribution in [3.05, 3.63) is 59.9 Å². The lowest BCUT2D eigenvalue weighted by Crippen LogP contribution is -2.46. The van der Waals surface area contributed by atoms with Crippen molar-refractivity contribution in [2.24, 2.45) is 0 Å². The van der Waals surface area contributed by atoms with E-state index in [4.69, 9.17) is 0 Å². The third-order valence-electron chi connectivity index (χ3n) is 5.61. The second-order valence-electron chi connectivity index (χ2n) is 8.84. The molecular formula is C23H33N3O2S. The number of sulfonamides is 1. The summed E-state index contributed by atoms with van der Waals surface area (Å²) in [6.07, 6.45) is 6.94. The van der Waals surface area contributed by atoms with E-state index in [-0.39, 0.29) is 11.5 Å². The van der Waals surface area contributed by atoms with Crippen LogP contribution in [0.15, 0.2) is 53.7 Å². The molecule has 3 rings (SSSR count). The minimum atomic E-state index is -3.53. The molecule has 0 saturated carbocycles. The highest BCUT2D eigenvalue weighted by Crippen LogP contribution is 2.27. The minimum Gasteiger partial charge on any atom is -0.317 e.